The number of aliphatic hydroxyl groups is 1. The first kappa shape index (κ1) is 15.9. The van der Waals surface area contributed by atoms with Gasteiger partial charge in [-0.15, -0.1) is 0 Å². The first-order valence-corrected chi connectivity index (χ1v) is 8.03. The fourth-order valence-electron chi connectivity index (χ4n) is 2.30. The molecule has 0 radical (unpaired) electrons. The van der Waals surface area contributed by atoms with Gasteiger partial charge in [0.15, 0.2) is 0 Å². The Hall–Kier alpha value is -1.51. The molecule has 1 aliphatic rings. The summed E-state index contributed by atoms with van der Waals surface area (Å²) in [5.74, 6) is 0. The summed E-state index contributed by atoms with van der Waals surface area (Å²) >= 11 is 0. The standard InChI is InChI=1S/C13H18N2O5S/c1-4-13(16)7-14(8-13)21(19,20)11-5-9(2)10(3)12(6-11)15(17)18/h5-6,16H,4,7-8H2,1-3H3. The number of hydrogen-bond donors (Lipinski definition) is 1. The lowest BCUT2D eigenvalue weighted by Crippen LogP contribution is -2.62. The quantitative estimate of drug-likeness (QED) is 0.668. The molecule has 0 aliphatic carbocycles. The zero-order chi connectivity index (χ0) is 16.0. The first-order chi connectivity index (χ1) is 9.60. The molecule has 21 heavy (non-hydrogen) atoms. The van der Waals surface area contributed by atoms with Crippen LogP contribution in [-0.4, -0.2) is 41.4 Å². The molecule has 2 rings (SSSR count). The summed E-state index contributed by atoms with van der Waals surface area (Å²) in [6, 6.07) is 2.52. The van der Waals surface area contributed by atoms with Crippen LogP contribution in [0.1, 0.15) is 24.5 Å². The molecule has 1 heterocycles. The van der Waals surface area contributed by atoms with Crippen LogP contribution in [-0.2, 0) is 10.0 Å². The molecule has 1 N–H and O–H groups in total. The lowest BCUT2D eigenvalue weighted by molar-refractivity contribution is -0.385. The Morgan fingerprint density at radius 1 is 1.38 bits per heavy atom. The molecule has 7 nitrogen and oxygen atoms in total. The topological polar surface area (TPSA) is 101 Å². The molecule has 0 bridgehead atoms. The molecule has 0 amide bonds. The van der Waals surface area contributed by atoms with E-state index in [-0.39, 0.29) is 23.7 Å². The highest BCUT2D eigenvalue weighted by molar-refractivity contribution is 7.89. The predicted molar refractivity (Wildman–Crippen MR) is 76.6 cm³/mol. The molecular formula is C13H18N2O5S. The Morgan fingerprint density at radius 3 is 2.43 bits per heavy atom. The van der Waals surface area contributed by atoms with E-state index in [1.165, 1.54) is 6.07 Å². The molecule has 1 aliphatic heterocycles. The van der Waals surface area contributed by atoms with Crippen molar-refractivity contribution in [2.24, 2.45) is 0 Å². The molecule has 1 aromatic carbocycles. The Labute approximate surface area is 123 Å². The molecule has 1 saturated heterocycles. The van der Waals surface area contributed by atoms with Crippen molar-refractivity contribution in [3.05, 3.63) is 33.4 Å². The third-order valence-corrected chi connectivity index (χ3v) is 5.82. The van der Waals surface area contributed by atoms with Gasteiger partial charge in [0.25, 0.3) is 5.69 Å². The van der Waals surface area contributed by atoms with Crippen molar-refractivity contribution in [3.8, 4) is 0 Å². The van der Waals surface area contributed by atoms with E-state index in [1.807, 2.05) is 0 Å². The second-order valence-corrected chi connectivity index (χ2v) is 7.43. The molecule has 0 unspecified atom stereocenters. The summed E-state index contributed by atoms with van der Waals surface area (Å²) in [6.45, 7) is 5.05. The maximum Gasteiger partial charge on any atom is 0.273 e. The first-order valence-electron chi connectivity index (χ1n) is 6.59. The van der Waals surface area contributed by atoms with Gasteiger partial charge in [0.1, 0.15) is 0 Å². The van der Waals surface area contributed by atoms with E-state index in [2.05, 4.69) is 0 Å². The van der Waals surface area contributed by atoms with E-state index in [0.717, 1.165) is 10.4 Å². The fraction of sp³-hybridized carbons (Fsp3) is 0.538. The van der Waals surface area contributed by atoms with Crippen LogP contribution >= 0.6 is 0 Å². The SMILES string of the molecule is CCC1(O)CN(S(=O)(=O)c2cc(C)c(C)c([N+](=O)[O-])c2)C1. The monoisotopic (exact) mass is 314 g/mol. The van der Waals surface area contributed by atoms with E-state index in [0.29, 0.717) is 17.5 Å². The van der Waals surface area contributed by atoms with E-state index >= 15 is 0 Å². The van der Waals surface area contributed by atoms with Crippen molar-refractivity contribution in [2.45, 2.75) is 37.7 Å². The van der Waals surface area contributed by atoms with Crippen LogP contribution in [0.5, 0.6) is 0 Å². The number of benzene rings is 1. The van der Waals surface area contributed by atoms with E-state index in [1.54, 1.807) is 20.8 Å². The van der Waals surface area contributed by atoms with Gasteiger partial charge < -0.3 is 5.11 Å². The number of hydrogen-bond acceptors (Lipinski definition) is 5. The maximum atomic E-state index is 12.4. The molecule has 8 heteroatoms. The summed E-state index contributed by atoms with van der Waals surface area (Å²) in [5, 5.41) is 20.9. The highest BCUT2D eigenvalue weighted by atomic mass is 32.2. The van der Waals surface area contributed by atoms with Crippen LogP contribution in [0.25, 0.3) is 0 Å². The zero-order valence-corrected chi connectivity index (χ0v) is 13.0. The summed E-state index contributed by atoms with van der Waals surface area (Å²) in [6.07, 6.45) is 0.464. The second kappa shape index (κ2) is 5.04. The summed E-state index contributed by atoms with van der Waals surface area (Å²) in [5.41, 5.74) is -0.194. The van der Waals surface area contributed by atoms with Crippen molar-refractivity contribution >= 4 is 15.7 Å². The minimum Gasteiger partial charge on any atom is -0.387 e. The van der Waals surface area contributed by atoms with Crippen LogP contribution in [0.2, 0.25) is 0 Å². The van der Waals surface area contributed by atoms with Gasteiger partial charge >= 0.3 is 0 Å². The minimum absolute atomic E-state index is 0.0204. The van der Waals surface area contributed by atoms with Crippen molar-refractivity contribution in [1.82, 2.24) is 4.31 Å². The van der Waals surface area contributed by atoms with E-state index < -0.39 is 20.5 Å². The minimum atomic E-state index is -3.81. The van der Waals surface area contributed by atoms with Crippen molar-refractivity contribution < 1.29 is 18.4 Å². The Kier molecular flexibility index (Phi) is 3.81. The highest BCUT2D eigenvalue weighted by Gasteiger charge is 2.46. The molecule has 0 saturated carbocycles. The summed E-state index contributed by atoms with van der Waals surface area (Å²) < 4.78 is 26.0. The van der Waals surface area contributed by atoms with Crippen LogP contribution < -0.4 is 0 Å². The zero-order valence-electron chi connectivity index (χ0n) is 12.2. The van der Waals surface area contributed by atoms with Crippen LogP contribution in [0, 0.1) is 24.0 Å². The highest BCUT2D eigenvalue weighted by Crippen LogP contribution is 2.33. The Morgan fingerprint density at radius 2 is 1.95 bits per heavy atom. The maximum absolute atomic E-state index is 12.4. The van der Waals surface area contributed by atoms with Crippen molar-refractivity contribution in [2.75, 3.05) is 13.1 Å². The second-order valence-electron chi connectivity index (χ2n) is 5.49. The number of nitrogens with zero attached hydrogens (tertiary/aromatic N) is 2. The average molecular weight is 314 g/mol. The molecular weight excluding hydrogens is 296 g/mol. The third-order valence-electron chi connectivity index (χ3n) is 4.05. The van der Waals surface area contributed by atoms with Gasteiger partial charge in [-0.25, -0.2) is 8.42 Å². The number of β-amino-alcohol motifs (C(OH)–C–C–N with tert-alkyl or cyclic N) is 1. The van der Waals surface area contributed by atoms with E-state index in [9.17, 15) is 23.6 Å². The number of nitro benzene ring substituents is 1. The number of nitro groups is 1. The molecule has 1 fully saturated rings. The lowest BCUT2D eigenvalue weighted by atomic mass is 9.94. The normalized spacial score (nSPS) is 18.3. The molecule has 0 spiro atoms. The third kappa shape index (κ3) is 2.66. The number of aryl methyl sites for hydroxylation is 1. The molecule has 0 atom stereocenters. The van der Waals surface area contributed by atoms with Gasteiger partial charge in [-0.05, 0) is 31.9 Å². The number of sulfonamides is 1. The van der Waals surface area contributed by atoms with Crippen LogP contribution in [0.4, 0.5) is 5.69 Å². The fourth-order valence-corrected chi connectivity index (χ4v) is 4.00. The van der Waals surface area contributed by atoms with Crippen molar-refractivity contribution in [1.29, 1.82) is 0 Å². The number of rotatable bonds is 4. The Bertz CT molecular complexity index is 693. The predicted octanol–water partition coefficient (Wildman–Crippen LogP) is 1.36. The summed E-state index contributed by atoms with van der Waals surface area (Å²) in [4.78, 5) is 10.3. The van der Waals surface area contributed by atoms with E-state index in [4.69, 9.17) is 0 Å². The molecule has 116 valence electrons. The molecule has 0 aromatic heterocycles. The van der Waals surface area contributed by atoms with Gasteiger partial charge in [-0.1, -0.05) is 6.92 Å². The average Bonchev–Trinajstić information content (AvgIpc) is 2.37. The van der Waals surface area contributed by atoms with Gasteiger partial charge in [-0.3, -0.25) is 10.1 Å². The molecule has 1 aromatic rings. The summed E-state index contributed by atoms with van der Waals surface area (Å²) in [7, 11) is -3.81. The lowest BCUT2D eigenvalue weighted by Gasteiger charge is -2.44. The van der Waals surface area contributed by atoms with Gasteiger partial charge in [-0.2, -0.15) is 4.31 Å². The van der Waals surface area contributed by atoms with Crippen LogP contribution in [0.15, 0.2) is 17.0 Å². The smallest absolute Gasteiger partial charge is 0.273 e. The van der Waals surface area contributed by atoms with Gasteiger partial charge in [0.2, 0.25) is 10.0 Å². The van der Waals surface area contributed by atoms with Gasteiger partial charge in [0, 0.05) is 24.7 Å². The van der Waals surface area contributed by atoms with Crippen LogP contribution in [0.3, 0.4) is 0 Å². The Balaban J connectivity index is 2.41. The van der Waals surface area contributed by atoms with Crippen molar-refractivity contribution in [3.63, 3.8) is 0 Å². The van der Waals surface area contributed by atoms with Gasteiger partial charge in [0.05, 0.1) is 15.4 Å². The largest absolute Gasteiger partial charge is 0.387 e.